The standard InChI is InChI=1S/C15H27IO2/c1-2-3-4-5-6-7-11-15(12-16,14(17)18)13-9-8-10-13/h13H,2-12H2,1H3,(H,17,18). The Morgan fingerprint density at radius 2 is 1.83 bits per heavy atom. The van der Waals surface area contributed by atoms with E-state index in [-0.39, 0.29) is 0 Å². The van der Waals surface area contributed by atoms with E-state index in [9.17, 15) is 9.90 Å². The summed E-state index contributed by atoms with van der Waals surface area (Å²) in [4.78, 5) is 11.6. The topological polar surface area (TPSA) is 37.3 Å². The zero-order chi connectivity index (χ0) is 13.4. The van der Waals surface area contributed by atoms with Gasteiger partial charge in [-0.25, -0.2) is 0 Å². The van der Waals surface area contributed by atoms with Crippen LogP contribution in [0.3, 0.4) is 0 Å². The molecule has 0 saturated heterocycles. The van der Waals surface area contributed by atoms with E-state index in [1.807, 2.05) is 0 Å². The fourth-order valence-electron chi connectivity index (χ4n) is 2.90. The van der Waals surface area contributed by atoms with Crippen molar-refractivity contribution in [3.05, 3.63) is 0 Å². The Morgan fingerprint density at radius 3 is 2.28 bits per heavy atom. The minimum absolute atomic E-state index is 0.413. The molecule has 1 unspecified atom stereocenters. The lowest BCUT2D eigenvalue weighted by molar-refractivity contribution is -0.153. The predicted molar refractivity (Wildman–Crippen MR) is 84.3 cm³/mol. The maximum atomic E-state index is 11.6. The van der Waals surface area contributed by atoms with E-state index in [2.05, 4.69) is 29.5 Å². The van der Waals surface area contributed by atoms with Crippen molar-refractivity contribution in [3.8, 4) is 0 Å². The van der Waals surface area contributed by atoms with Gasteiger partial charge in [-0.2, -0.15) is 0 Å². The molecule has 106 valence electrons. The Kier molecular flexibility index (Phi) is 7.57. The van der Waals surface area contributed by atoms with Gasteiger partial charge in [-0.15, -0.1) is 0 Å². The van der Waals surface area contributed by atoms with Crippen LogP contribution < -0.4 is 0 Å². The van der Waals surface area contributed by atoms with Crippen LogP contribution >= 0.6 is 22.6 Å². The number of hydrogen-bond donors (Lipinski definition) is 1. The summed E-state index contributed by atoms with van der Waals surface area (Å²) in [6, 6.07) is 0. The quantitative estimate of drug-likeness (QED) is 0.334. The summed E-state index contributed by atoms with van der Waals surface area (Å²) in [5.74, 6) is -0.0994. The monoisotopic (exact) mass is 366 g/mol. The molecule has 1 atom stereocenters. The van der Waals surface area contributed by atoms with Gasteiger partial charge in [-0.1, -0.05) is 74.5 Å². The first kappa shape index (κ1) is 16.3. The number of alkyl halides is 1. The summed E-state index contributed by atoms with van der Waals surface area (Å²) in [6.07, 6.45) is 11.9. The van der Waals surface area contributed by atoms with Crippen LogP contribution in [0.2, 0.25) is 0 Å². The van der Waals surface area contributed by atoms with Crippen molar-refractivity contribution in [1.82, 2.24) is 0 Å². The van der Waals surface area contributed by atoms with E-state index in [4.69, 9.17) is 0 Å². The molecule has 0 aromatic rings. The van der Waals surface area contributed by atoms with Crippen molar-refractivity contribution in [2.75, 3.05) is 4.43 Å². The highest BCUT2D eigenvalue weighted by Gasteiger charge is 2.46. The van der Waals surface area contributed by atoms with Crippen LogP contribution in [0.5, 0.6) is 0 Å². The highest BCUT2D eigenvalue weighted by molar-refractivity contribution is 14.1. The first-order valence-corrected chi connectivity index (χ1v) is 8.99. The van der Waals surface area contributed by atoms with Crippen LogP contribution in [0.25, 0.3) is 0 Å². The summed E-state index contributed by atoms with van der Waals surface area (Å²) in [7, 11) is 0. The van der Waals surface area contributed by atoms with Gasteiger partial charge in [0.2, 0.25) is 0 Å². The van der Waals surface area contributed by atoms with Crippen molar-refractivity contribution < 1.29 is 9.90 Å². The highest BCUT2D eigenvalue weighted by Crippen LogP contribution is 2.46. The molecular weight excluding hydrogens is 339 g/mol. The van der Waals surface area contributed by atoms with Crippen LogP contribution in [-0.4, -0.2) is 15.5 Å². The van der Waals surface area contributed by atoms with Crippen LogP contribution in [0.1, 0.15) is 71.1 Å². The van der Waals surface area contributed by atoms with Crippen LogP contribution in [0.4, 0.5) is 0 Å². The van der Waals surface area contributed by atoms with E-state index in [0.29, 0.717) is 5.92 Å². The molecule has 0 spiro atoms. The van der Waals surface area contributed by atoms with E-state index >= 15 is 0 Å². The van der Waals surface area contributed by atoms with Gasteiger partial charge in [0.05, 0.1) is 5.41 Å². The average molecular weight is 366 g/mol. The minimum atomic E-state index is -0.546. The number of rotatable bonds is 10. The number of carbonyl (C=O) groups is 1. The van der Waals surface area contributed by atoms with Gasteiger partial charge in [0.25, 0.3) is 0 Å². The molecule has 1 aliphatic carbocycles. The lowest BCUT2D eigenvalue weighted by atomic mass is 9.64. The molecule has 18 heavy (non-hydrogen) atoms. The molecular formula is C15H27IO2. The summed E-state index contributed by atoms with van der Waals surface area (Å²) >= 11 is 2.28. The summed E-state index contributed by atoms with van der Waals surface area (Å²) in [5, 5.41) is 9.60. The van der Waals surface area contributed by atoms with Crippen LogP contribution in [-0.2, 0) is 4.79 Å². The second-order valence-corrected chi connectivity index (χ2v) is 6.50. The van der Waals surface area contributed by atoms with Crippen LogP contribution in [0, 0.1) is 11.3 Å². The van der Waals surface area contributed by atoms with Gasteiger partial charge in [-0.3, -0.25) is 4.79 Å². The molecule has 3 heteroatoms. The number of aliphatic carboxylic acids is 1. The van der Waals surface area contributed by atoms with Crippen molar-refractivity contribution in [2.45, 2.75) is 71.1 Å². The van der Waals surface area contributed by atoms with Gasteiger partial charge in [0.15, 0.2) is 0 Å². The van der Waals surface area contributed by atoms with Gasteiger partial charge in [0.1, 0.15) is 0 Å². The maximum absolute atomic E-state index is 11.6. The highest BCUT2D eigenvalue weighted by atomic mass is 127. The number of carboxylic acid groups (broad SMARTS) is 1. The molecule has 0 bridgehead atoms. The lowest BCUT2D eigenvalue weighted by Gasteiger charge is -2.41. The Hall–Kier alpha value is 0.200. The van der Waals surface area contributed by atoms with E-state index < -0.39 is 11.4 Å². The fraction of sp³-hybridized carbons (Fsp3) is 0.933. The summed E-state index contributed by atoms with van der Waals surface area (Å²) in [6.45, 7) is 2.22. The summed E-state index contributed by atoms with van der Waals surface area (Å²) < 4.78 is 0.778. The molecule has 1 saturated carbocycles. The molecule has 2 nitrogen and oxygen atoms in total. The third-order valence-corrected chi connectivity index (χ3v) is 5.89. The Balaban J connectivity index is 2.34. The molecule has 0 aromatic heterocycles. The Labute approximate surface area is 125 Å². The zero-order valence-corrected chi connectivity index (χ0v) is 13.7. The van der Waals surface area contributed by atoms with Crippen LogP contribution in [0.15, 0.2) is 0 Å². The number of unbranched alkanes of at least 4 members (excludes halogenated alkanes) is 5. The molecule has 0 heterocycles. The number of halogens is 1. The third kappa shape index (κ3) is 4.10. The third-order valence-electron chi connectivity index (χ3n) is 4.53. The zero-order valence-electron chi connectivity index (χ0n) is 11.6. The first-order chi connectivity index (χ1) is 8.67. The van der Waals surface area contributed by atoms with Crippen molar-refractivity contribution in [1.29, 1.82) is 0 Å². The fourth-order valence-corrected chi connectivity index (χ4v) is 4.23. The predicted octanol–water partition coefficient (Wildman–Crippen LogP) is 5.04. The second kappa shape index (κ2) is 8.39. The first-order valence-electron chi connectivity index (χ1n) is 7.46. The largest absolute Gasteiger partial charge is 0.481 e. The SMILES string of the molecule is CCCCCCCCC(CI)(C(=O)O)C1CCC1. The Bertz CT molecular complexity index is 251. The lowest BCUT2D eigenvalue weighted by Crippen LogP contribution is -2.43. The molecule has 1 aliphatic rings. The molecule has 1 N–H and O–H groups in total. The molecule has 1 fully saturated rings. The molecule has 1 rings (SSSR count). The summed E-state index contributed by atoms with van der Waals surface area (Å²) in [5.41, 5.74) is -0.413. The number of hydrogen-bond acceptors (Lipinski definition) is 1. The molecule has 0 aromatic carbocycles. The van der Waals surface area contributed by atoms with E-state index in [0.717, 1.165) is 30.1 Å². The normalized spacial score (nSPS) is 19.2. The van der Waals surface area contributed by atoms with Gasteiger partial charge in [-0.05, 0) is 25.2 Å². The maximum Gasteiger partial charge on any atom is 0.310 e. The average Bonchev–Trinajstić information content (AvgIpc) is 2.29. The van der Waals surface area contributed by atoms with Crippen molar-refractivity contribution >= 4 is 28.6 Å². The second-order valence-electron chi connectivity index (χ2n) is 5.74. The van der Waals surface area contributed by atoms with Gasteiger partial charge < -0.3 is 5.11 Å². The minimum Gasteiger partial charge on any atom is -0.481 e. The molecule has 0 radical (unpaired) electrons. The number of carboxylic acids is 1. The van der Waals surface area contributed by atoms with E-state index in [1.165, 1.54) is 38.5 Å². The van der Waals surface area contributed by atoms with Crippen molar-refractivity contribution in [3.63, 3.8) is 0 Å². The van der Waals surface area contributed by atoms with Gasteiger partial charge in [0, 0.05) is 4.43 Å². The smallest absolute Gasteiger partial charge is 0.310 e. The van der Waals surface area contributed by atoms with E-state index in [1.54, 1.807) is 0 Å². The molecule has 0 amide bonds. The molecule has 0 aliphatic heterocycles. The van der Waals surface area contributed by atoms with Crippen molar-refractivity contribution in [2.24, 2.45) is 11.3 Å². The Morgan fingerprint density at radius 1 is 1.22 bits per heavy atom. The van der Waals surface area contributed by atoms with Gasteiger partial charge >= 0.3 is 5.97 Å².